The maximum atomic E-state index is 12.4. The van der Waals surface area contributed by atoms with E-state index in [0.29, 0.717) is 23.9 Å². The number of carbonyl (C=O) groups excluding carboxylic acids is 2. The largest absolute Gasteiger partial charge is 0.462 e. The van der Waals surface area contributed by atoms with Gasteiger partial charge in [-0.2, -0.15) is 0 Å². The summed E-state index contributed by atoms with van der Waals surface area (Å²) in [5.74, 6) is 0.220. The predicted octanol–water partition coefficient (Wildman–Crippen LogP) is 4.38. The van der Waals surface area contributed by atoms with Crippen molar-refractivity contribution in [2.45, 2.75) is 39.8 Å². The number of imidazole rings is 1. The number of rotatable bonds is 8. The van der Waals surface area contributed by atoms with E-state index in [0.717, 1.165) is 22.2 Å². The molecule has 7 nitrogen and oxygen atoms in total. The number of benzene rings is 2. The van der Waals surface area contributed by atoms with Crippen LogP contribution in [0.25, 0.3) is 11.0 Å². The first-order valence-corrected chi connectivity index (χ1v) is 10.4. The molecule has 0 spiro atoms. The third-order valence-corrected chi connectivity index (χ3v) is 5.17. The molecule has 8 heteroatoms. The fraction of sp³-hybridized carbons (Fsp3) is 0.348. The fourth-order valence-corrected chi connectivity index (χ4v) is 3.35. The van der Waals surface area contributed by atoms with Crippen molar-refractivity contribution in [1.29, 1.82) is 0 Å². The molecule has 0 bridgehead atoms. The Morgan fingerprint density at radius 3 is 2.61 bits per heavy atom. The van der Waals surface area contributed by atoms with E-state index < -0.39 is 11.0 Å². The lowest BCUT2D eigenvalue weighted by molar-refractivity contribution is -0.154. The normalized spacial score (nSPS) is 13.5. The van der Waals surface area contributed by atoms with Gasteiger partial charge in [0.1, 0.15) is 6.61 Å². The number of H-pyrrole nitrogens is 1. The predicted molar refractivity (Wildman–Crippen MR) is 122 cm³/mol. The number of hydrogen-bond donors (Lipinski definition) is 3. The Bertz CT molecular complexity index is 1090. The molecule has 2 aromatic carbocycles. The zero-order chi connectivity index (χ0) is 22.6. The Hall–Kier alpha value is -3.06. The summed E-state index contributed by atoms with van der Waals surface area (Å²) >= 11 is 6.23. The van der Waals surface area contributed by atoms with Crippen LogP contribution in [-0.4, -0.2) is 29.0 Å². The van der Waals surface area contributed by atoms with Crippen LogP contribution < -0.4 is 10.6 Å². The van der Waals surface area contributed by atoms with Crippen LogP contribution in [0.3, 0.4) is 0 Å². The standard InChI is InChI=1S/C23H27ClN4O3/c1-22(2,3)20(30)31-13-23(4,16-8-6-9-17(24)11-16)28-21-26-18-10-5-7-15(12-25-14-29)19(18)27-21/h5-11,14H,12-13H2,1-4H3,(H,25,29)(H2,26,27,28). The highest BCUT2D eigenvalue weighted by Gasteiger charge is 2.32. The summed E-state index contributed by atoms with van der Waals surface area (Å²) in [6, 6.07) is 13.1. The monoisotopic (exact) mass is 442 g/mol. The smallest absolute Gasteiger partial charge is 0.311 e. The minimum absolute atomic E-state index is 0.0834. The first-order chi connectivity index (χ1) is 14.6. The second kappa shape index (κ2) is 8.98. The van der Waals surface area contributed by atoms with Gasteiger partial charge in [-0.25, -0.2) is 4.98 Å². The van der Waals surface area contributed by atoms with Gasteiger partial charge in [-0.3, -0.25) is 9.59 Å². The Balaban J connectivity index is 1.94. The van der Waals surface area contributed by atoms with Crippen molar-refractivity contribution in [3.05, 3.63) is 58.6 Å². The van der Waals surface area contributed by atoms with Crippen LogP contribution >= 0.6 is 11.6 Å². The number of nitrogens with one attached hydrogen (secondary N) is 3. The van der Waals surface area contributed by atoms with Gasteiger partial charge < -0.3 is 20.4 Å². The summed E-state index contributed by atoms with van der Waals surface area (Å²) in [7, 11) is 0. The van der Waals surface area contributed by atoms with E-state index in [-0.39, 0.29) is 12.6 Å². The zero-order valence-electron chi connectivity index (χ0n) is 18.1. The first kappa shape index (κ1) is 22.6. The summed E-state index contributed by atoms with van der Waals surface area (Å²) in [6.07, 6.45) is 0.657. The summed E-state index contributed by atoms with van der Waals surface area (Å²) in [5.41, 5.74) is 1.91. The molecule has 1 aromatic heterocycles. The lowest BCUT2D eigenvalue weighted by atomic mass is 9.92. The van der Waals surface area contributed by atoms with Crippen molar-refractivity contribution in [2.75, 3.05) is 11.9 Å². The van der Waals surface area contributed by atoms with Crippen LogP contribution in [0.4, 0.5) is 5.95 Å². The molecule has 0 radical (unpaired) electrons. The van der Waals surface area contributed by atoms with E-state index in [1.165, 1.54) is 0 Å². The number of aromatic amines is 1. The average molecular weight is 443 g/mol. The highest BCUT2D eigenvalue weighted by Crippen LogP contribution is 2.30. The van der Waals surface area contributed by atoms with Crippen LogP contribution in [0.5, 0.6) is 0 Å². The van der Waals surface area contributed by atoms with Gasteiger partial charge in [0.05, 0.1) is 22.0 Å². The molecule has 0 aliphatic carbocycles. The minimum atomic E-state index is -0.791. The molecule has 1 heterocycles. The van der Waals surface area contributed by atoms with Gasteiger partial charge in [-0.15, -0.1) is 0 Å². The molecule has 1 amide bonds. The highest BCUT2D eigenvalue weighted by atomic mass is 35.5. The third kappa shape index (κ3) is 5.35. The van der Waals surface area contributed by atoms with Gasteiger partial charge >= 0.3 is 5.97 Å². The molecule has 3 rings (SSSR count). The molecule has 0 fully saturated rings. The van der Waals surface area contributed by atoms with Gasteiger partial charge in [0, 0.05) is 11.6 Å². The third-order valence-electron chi connectivity index (χ3n) is 4.93. The highest BCUT2D eigenvalue weighted by molar-refractivity contribution is 6.30. The topological polar surface area (TPSA) is 96.1 Å². The van der Waals surface area contributed by atoms with Gasteiger partial charge in [0.2, 0.25) is 12.4 Å². The quantitative estimate of drug-likeness (QED) is 0.355. The lowest BCUT2D eigenvalue weighted by Crippen LogP contribution is -2.39. The second-order valence-corrected chi connectivity index (χ2v) is 9.13. The van der Waals surface area contributed by atoms with Crippen molar-refractivity contribution >= 4 is 41.0 Å². The minimum Gasteiger partial charge on any atom is -0.462 e. The molecular formula is C23H27ClN4O3. The number of para-hydroxylation sites is 1. The molecule has 3 aromatic rings. The Morgan fingerprint density at radius 2 is 1.94 bits per heavy atom. The molecule has 0 aliphatic heterocycles. The fourth-order valence-electron chi connectivity index (χ4n) is 3.16. The molecule has 0 saturated heterocycles. The summed E-state index contributed by atoms with van der Waals surface area (Å²) in [5, 5.41) is 6.63. The molecule has 1 atom stereocenters. The summed E-state index contributed by atoms with van der Waals surface area (Å²) in [6.45, 7) is 7.82. The van der Waals surface area contributed by atoms with Crippen molar-refractivity contribution in [1.82, 2.24) is 15.3 Å². The van der Waals surface area contributed by atoms with Crippen LogP contribution in [0.15, 0.2) is 42.5 Å². The van der Waals surface area contributed by atoms with E-state index in [4.69, 9.17) is 16.3 Å². The molecule has 0 aliphatic rings. The Labute approximate surface area is 186 Å². The van der Waals surface area contributed by atoms with E-state index in [1.54, 1.807) is 6.07 Å². The number of carbonyl (C=O) groups is 2. The van der Waals surface area contributed by atoms with Gasteiger partial charge in [-0.05, 0) is 57.0 Å². The molecule has 3 N–H and O–H groups in total. The maximum Gasteiger partial charge on any atom is 0.311 e. The SMILES string of the molecule is CC(C)(C)C(=O)OCC(C)(Nc1nc2c(CNC=O)cccc2[nH]1)c1cccc(Cl)c1. The average Bonchev–Trinajstić information content (AvgIpc) is 3.12. The van der Waals surface area contributed by atoms with Gasteiger partial charge in [-0.1, -0.05) is 35.9 Å². The second-order valence-electron chi connectivity index (χ2n) is 8.69. The maximum absolute atomic E-state index is 12.4. The number of halogens is 1. The van der Waals surface area contributed by atoms with Gasteiger partial charge in [0.15, 0.2) is 0 Å². The van der Waals surface area contributed by atoms with E-state index >= 15 is 0 Å². The number of fused-ring (bicyclic) bond motifs is 1. The number of hydrogen-bond acceptors (Lipinski definition) is 5. The molecule has 0 saturated carbocycles. The van der Waals surface area contributed by atoms with Crippen LogP contribution in [-0.2, 0) is 26.4 Å². The lowest BCUT2D eigenvalue weighted by Gasteiger charge is -2.32. The van der Waals surface area contributed by atoms with Crippen molar-refractivity contribution in [2.24, 2.45) is 5.41 Å². The van der Waals surface area contributed by atoms with Crippen molar-refractivity contribution in [3.8, 4) is 0 Å². The van der Waals surface area contributed by atoms with E-state index in [2.05, 4.69) is 20.6 Å². The van der Waals surface area contributed by atoms with E-state index in [9.17, 15) is 9.59 Å². The van der Waals surface area contributed by atoms with Crippen molar-refractivity contribution < 1.29 is 14.3 Å². The first-order valence-electron chi connectivity index (χ1n) is 9.98. The summed E-state index contributed by atoms with van der Waals surface area (Å²) < 4.78 is 5.65. The van der Waals surface area contributed by atoms with Crippen molar-refractivity contribution in [3.63, 3.8) is 0 Å². The molecule has 1 unspecified atom stereocenters. The molecule has 164 valence electrons. The van der Waals surface area contributed by atoms with Crippen LogP contribution in [0.1, 0.15) is 38.8 Å². The van der Waals surface area contributed by atoms with Crippen LogP contribution in [0, 0.1) is 5.41 Å². The zero-order valence-corrected chi connectivity index (χ0v) is 18.8. The number of nitrogens with zero attached hydrogens (tertiary/aromatic N) is 1. The van der Waals surface area contributed by atoms with Gasteiger partial charge in [0.25, 0.3) is 0 Å². The number of anilines is 1. The van der Waals surface area contributed by atoms with E-state index in [1.807, 2.05) is 64.1 Å². The Morgan fingerprint density at radius 1 is 1.19 bits per heavy atom. The number of amides is 1. The number of ether oxygens (including phenoxy) is 1. The van der Waals surface area contributed by atoms with Crippen LogP contribution in [0.2, 0.25) is 5.02 Å². The number of aromatic nitrogens is 2. The Kier molecular flexibility index (Phi) is 6.55. The number of esters is 1. The molecular weight excluding hydrogens is 416 g/mol. The summed E-state index contributed by atoms with van der Waals surface area (Å²) in [4.78, 5) is 31.0. The molecule has 31 heavy (non-hydrogen) atoms.